The molecule has 1 aliphatic rings. The van der Waals surface area contributed by atoms with Crippen LogP contribution in [0.4, 0.5) is 0 Å². The summed E-state index contributed by atoms with van der Waals surface area (Å²) in [7, 11) is 3.73. The number of nitrogens with zero attached hydrogens (tertiary/aromatic N) is 1. The highest BCUT2D eigenvalue weighted by Crippen LogP contribution is 2.28. The summed E-state index contributed by atoms with van der Waals surface area (Å²) >= 11 is 3.46. The van der Waals surface area contributed by atoms with Gasteiger partial charge in [-0.15, -0.1) is 0 Å². The number of rotatable bonds is 3. The van der Waals surface area contributed by atoms with Crippen molar-refractivity contribution in [3.05, 3.63) is 27.7 Å². The average molecular weight is 341 g/mol. The second kappa shape index (κ2) is 6.59. The van der Waals surface area contributed by atoms with Gasteiger partial charge in [-0.2, -0.15) is 0 Å². The van der Waals surface area contributed by atoms with Crippen LogP contribution in [0.2, 0.25) is 0 Å². The highest BCUT2D eigenvalue weighted by Gasteiger charge is 2.22. The van der Waals surface area contributed by atoms with E-state index >= 15 is 0 Å². The van der Waals surface area contributed by atoms with Crippen LogP contribution in [0.5, 0.6) is 5.75 Å². The third kappa shape index (κ3) is 3.33. The largest absolute Gasteiger partial charge is 0.496 e. The van der Waals surface area contributed by atoms with Crippen molar-refractivity contribution in [2.24, 2.45) is 0 Å². The number of ether oxygens (including phenoxy) is 1. The van der Waals surface area contributed by atoms with E-state index in [1.54, 1.807) is 7.11 Å². The van der Waals surface area contributed by atoms with Crippen LogP contribution >= 0.6 is 15.9 Å². The zero-order valence-corrected chi connectivity index (χ0v) is 13.8. The number of hydrogen-bond donors (Lipinski definition) is 1. The molecule has 4 nitrogen and oxygen atoms in total. The van der Waals surface area contributed by atoms with Crippen molar-refractivity contribution in [3.8, 4) is 5.75 Å². The maximum Gasteiger partial charge on any atom is 0.253 e. The normalized spacial score (nSPS) is 17.0. The first-order valence-corrected chi connectivity index (χ1v) is 7.64. The molecule has 1 aliphatic heterocycles. The fourth-order valence-electron chi connectivity index (χ4n) is 2.57. The molecule has 0 spiro atoms. The van der Waals surface area contributed by atoms with Crippen molar-refractivity contribution in [1.82, 2.24) is 10.2 Å². The Kier molecular flexibility index (Phi) is 5.05. The fraction of sp³-hybridized carbons (Fsp3) is 0.533. The third-order valence-corrected chi connectivity index (χ3v) is 4.53. The standard InChI is InChI=1S/C15H21BrN2O2/c1-10-13(20-3)5-4-12(16)14(10)15(19)17-11-6-8-18(2)9-7-11/h4-5,11H,6-9H2,1-3H3,(H,17,19). The summed E-state index contributed by atoms with van der Waals surface area (Å²) in [5, 5.41) is 3.14. The van der Waals surface area contributed by atoms with Crippen LogP contribution in [-0.2, 0) is 0 Å². The van der Waals surface area contributed by atoms with Gasteiger partial charge in [-0.25, -0.2) is 0 Å². The van der Waals surface area contributed by atoms with Gasteiger partial charge in [-0.1, -0.05) is 0 Å². The Morgan fingerprint density at radius 2 is 2.05 bits per heavy atom. The van der Waals surface area contributed by atoms with Crippen LogP contribution in [0.3, 0.4) is 0 Å². The van der Waals surface area contributed by atoms with E-state index in [0.29, 0.717) is 5.56 Å². The van der Waals surface area contributed by atoms with E-state index in [9.17, 15) is 4.79 Å². The molecule has 1 heterocycles. The summed E-state index contributed by atoms with van der Waals surface area (Å²) in [6, 6.07) is 3.98. The Balaban J connectivity index is 2.13. The summed E-state index contributed by atoms with van der Waals surface area (Å²) in [4.78, 5) is 14.8. The van der Waals surface area contributed by atoms with E-state index < -0.39 is 0 Å². The number of halogens is 1. The van der Waals surface area contributed by atoms with Crippen LogP contribution in [0.1, 0.15) is 28.8 Å². The van der Waals surface area contributed by atoms with Gasteiger partial charge in [0.25, 0.3) is 5.91 Å². The summed E-state index contributed by atoms with van der Waals surface area (Å²) in [5.74, 6) is 0.713. The Bertz CT molecular complexity index is 497. The Morgan fingerprint density at radius 1 is 1.40 bits per heavy atom. The Morgan fingerprint density at radius 3 is 2.65 bits per heavy atom. The highest BCUT2D eigenvalue weighted by atomic mass is 79.9. The highest BCUT2D eigenvalue weighted by molar-refractivity contribution is 9.10. The van der Waals surface area contributed by atoms with E-state index in [1.165, 1.54) is 0 Å². The average Bonchev–Trinajstić information content (AvgIpc) is 2.42. The van der Waals surface area contributed by atoms with Crippen LogP contribution in [0.15, 0.2) is 16.6 Å². The zero-order chi connectivity index (χ0) is 14.7. The van der Waals surface area contributed by atoms with Gasteiger partial charge in [0.05, 0.1) is 12.7 Å². The van der Waals surface area contributed by atoms with E-state index in [0.717, 1.165) is 41.7 Å². The molecule has 0 aromatic heterocycles. The maximum atomic E-state index is 12.5. The molecule has 1 fully saturated rings. The second-order valence-corrected chi connectivity index (χ2v) is 6.15. The smallest absolute Gasteiger partial charge is 0.253 e. The Hall–Kier alpha value is -1.07. The first-order chi connectivity index (χ1) is 9.52. The molecule has 1 amide bonds. The third-order valence-electron chi connectivity index (χ3n) is 3.87. The fourth-order valence-corrected chi connectivity index (χ4v) is 3.18. The number of amides is 1. The predicted octanol–water partition coefficient (Wildman–Crippen LogP) is 2.59. The van der Waals surface area contributed by atoms with Gasteiger partial charge in [0.1, 0.15) is 5.75 Å². The minimum absolute atomic E-state index is 0.0252. The van der Waals surface area contributed by atoms with Gasteiger partial charge in [0.15, 0.2) is 0 Å². The molecule has 1 N–H and O–H groups in total. The van der Waals surface area contributed by atoms with E-state index in [1.807, 2.05) is 19.1 Å². The van der Waals surface area contributed by atoms with Crippen molar-refractivity contribution < 1.29 is 9.53 Å². The number of piperidine rings is 1. The van der Waals surface area contributed by atoms with Crippen molar-refractivity contribution in [1.29, 1.82) is 0 Å². The lowest BCUT2D eigenvalue weighted by atomic mass is 10.0. The lowest BCUT2D eigenvalue weighted by Gasteiger charge is -2.29. The van der Waals surface area contributed by atoms with Crippen molar-refractivity contribution in [2.45, 2.75) is 25.8 Å². The van der Waals surface area contributed by atoms with Gasteiger partial charge in [0, 0.05) is 16.1 Å². The molecule has 0 aliphatic carbocycles. The lowest BCUT2D eigenvalue weighted by Crippen LogP contribution is -2.43. The minimum atomic E-state index is -0.0252. The van der Waals surface area contributed by atoms with Crippen molar-refractivity contribution in [3.63, 3.8) is 0 Å². The summed E-state index contributed by atoms with van der Waals surface area (Å²) in [6.07, 6.45) is 2.01. The second-order valence-electron chi connectivity index (χ2n) is 5.30. The topological polar surface area (TPSA) is 41.6 Å². The minimum Gasteiger partial charge on any atom is -0.496 e. The van der Waals surface area contributed by atoms with E-state index in [4.69, 9.17) is 4.74 Å². The molecule has 0 unspecified atom stereocenters. The molecule has 5 heteroatoms. The van der Waals surface area contributed by atoms with Crippen LogP contribution in [-0.4, -0.2) is 44.1 Å². The molecule has 0 saturated carbocycles. The molecule has 2 rings (SSSR count). The zero-order valence-electron chi connectivity index (χ0n) is 12.2. The molecular formula is C15H21BrN2O2. The summed E-state index contributed by atoms with van der Waals surface area (Å²) in [6.45, 7) is 3.97. The number of benzene rings is 1. The summed E-state index contributed by atoms with van der Waals surface area (Å²) in [5.41, 5.74) is 1.54. The van der Waals surface area contributed by atoms with E-state index in [2.05, 4.69) is 33.2 Å². The molecule has 110 valence electrons. The molecule has 1 aromatic rings. The summed E-state index contributed by atoms with van der Waals surface area (Å²) < 4.78 is 6.09. The molecule has 1 saturated heterocycles. The van der Waals surface area contributed by atoms with Gasteiger partial charge < -0.3 is 15.0 Å². The van der Waals surface area contributed by atoms with Gasteiger partial charge in [0.2, 0.25) is 0 Å². The lowest BCUT2D eigenvalue weighted by molar-refractivity contribution is 0.0915. The number of methoxy groups -OCH3 is 1. The monoisotopic (exact) mass is 340 g/mol. The molecule has 0 atom stereocenters. The van der Waals surface area contributed by atoms with Crippen LogP contribution in [0, 0.1) is 6.92 Å². The quantitative estimate of drug-likeness (QED) is 0.919. The van der Waals surface area contributed by atoms with Gasteiger partial charge in [-0.3, -0.25) is 4.79 Å². The maximum absolute atomic E-state index is 12.5. The van der Waals surface area contributed by atoms with Crippen molar-refractivity contribution in [2.75, 3.05) is 27.2 Å². The number of carbonyl (C=O) groups excluding carboxylic acids is 1. The SMILES string of the molecule is COc1ccc(Br)c(C(=O)NC2CCN(C)CC2)c1C. The van der Waals surface area contributed by atoms with Gasteiger partial charge >= 0.3 is 0 Å². The van der Waals surface area contributed by atoms with Crippen LogP contribution in [0.25, 0.3) is 0 Å². The number of hydrogen-bond acceptors (Lipinski definition) is 3. The number of carbonyl (C=O) groups is 1. The first-order valence-electron chi connectivity index (χ1n) is 6.85. The molecule has 0 radical (unpaired) electrons. The molecule has 1 aromatic carbocycles. The first kappa shape index (κ1) is 15.3. The predicted molar refractivity (Wildman–Crippen MR) is 83.4 cm³/mol. The van der Waals surface area contributed by atoms with Gasteiger partial charge in [-0.05, 0) is 68.0 Å². The molecule has 20 heavy (non-hydrogen) atoms. The number of nitrogens with one attached hydrogen (secondary N) is 1. The molecular weight excluding hydrogens is 320 g/mol. The molecule has 0 bridgehead atoms. The van der Waals surface area contributed by atoms with E-state index in [-0.39, 0.29) is 11.9 Å². The Labute approximate surface area is 128 Å². The van der Waals surface area contributed by atoms with Crippen LogP contribution < -0.4 is 10.1 Å². The van der Waals surface area contributed by atoms with Crippen molar-refractivity contribution >= 4 is 21.8 Å². The number of likely N-dealkylation sites (tertiary alicyclic amines) is 1.